The molecule has 4 nitrogen and oxygen atoms in total. The third-order valence-corrected chi connectivity index (χ3v) is 9.32. The van der Waals surface area contributed by atoms with Crippen molar-refractivity contribution in [2.45, 2.75) is 25.2 Å². The molecule has 1 aliphatic carbocycles. The third kappa shape index (κ3) is 5.50. The zero-order chi connectivity index (χ0) is 21.7. The fourth-order valence-electron chi connectivity index (χ4n) is 3.48. The lowest BCUT2D eigenvalue weighted by Crippen LogP contribution is -2.56. The Morgan fingerprint density at radius 1 is 0.733 bits per heavy atom. The molecule has 0 heterocycles. The van der Waals surface area contributed by atoms with E-state index in [1.165, 1.54) is 11.1 Å². The minimum absolute atomic E-state index is 0.210. The molecular formula is C22H24I2N2O2S2. The molecule has 1 aliphatic rings. The Labute approximate surface area is 211 Å². The molecule has 0 unspecified atom stereocenters. The van der Waals surface area contributed by atoms with E-state index in [0.717, 1.165) is 35.7 Å². The third-order valence-electron chi connectivity index (χ3n) is 5.22. The van der Waals surface area contributed by atoms with Crippen molar-refractivity contribution in [3.05, 3.63) is 84.0 Å². The van der Waals surface area contributed by atoms with Crippen LogP contribution in [0, 0.1) is 0 Å². The van der Waals surface area contributed by atoms with Crippen molar-refractivity contribution in [2.24, 2.45) is 0 Å². The zero-order valence-corrected chi connectivity index (χ0v) is 22.8. The number of nitrogens with zero attached hydrogens (tertiary/aromatic N) is 2. The topological polar surface area (TPSA) is 24.9 Å². The lowest BCUT2D eigenvalue weighted by Gasteiger charge is -2.50. The van der Waals surface area contributed by atoms with E-state index in [9.17, 15) is 0 Å². The molecule has 30 heavy (non-hydrogen) atoms. The summed E-state index contributed by atoms with van der Waals surface area (Å²) in [6, 6.07) is 16.9. The molecule has 0 aliphatic heterocycles. The summed E-state index contributed by atoms with van der Waals surface area (Å²) in [5.41, 5.74) is 4.71. The monoisotopic (exact) mass is 666 g/mol. The summed E-state index contributed by atoms with van der Waals surface area (Å²) in [6.45, 7) is 10.3. The molecule has 0 radical (unpaired) electrons. The second kappa shape index (κ2) is 11.5. The predicted octanol–water partition coefficient (Wildman–Crippen LogP) is 6.87. The molecule has 0 N–H and O–H groups in total. The largest absolute Gasteiger partial charge is 0.497 e. The number of hydrogen-bond donors (Lipinski definition) is 0. The van der Waals surface area contributed by atoms with Crippen LogP contribution < -0.4 is 9.47 Å². The highest BCUT2D eigenvalue weighted by Crippen LogP contribution is 2.46. The van der Waals surface area contributed by atoms with Gasteiger partial charge in [-0.2, -0.15) is 0 Å². The van der Waals surface area contributed by atoms with Gasteiger partial charge in [0.05, 0.1) is 26.3 Å². The lowest BCUT2D eigenvalue weighted by atomic mass is 9.76. The maximum atomic E-state index is 5.28. The Kier molecular flexibility index (Phi) is 9.26. The van der Waals surface area contributed by atoms with Crippen LogP contribution in [-0.4, -0.2) is 34.9 Å². The smallest absolute Gasteiger partial charge is 0.118 e. The second-order valence-corrected chi connectivity index (χ2v) is 10.5. The molecule has 0 aromatic heterocycles. The highest BCUT2D eigenvalue weighted by atomic mass is 127. The van der Waals surface area contributed by atoms with Crippen molar-refractivity contribution in [3.8, 4) is 11.5 Å². The molecule has 8 heteroatoms. The van der Waals surface area contributed by atoms with E-state index in [0.29, 0.717) is 0 Å². The number of halogens is 2. The maximum Gasteiger partial charge on any atom is 0.118 e. The van der Waals surface area contributed by atoms with Gasteiger partial charge in [-0.05, 0) is 64.8 Å². The van der Waals surface area contributed by atoms with Gasteiger partial charge >= 0.3 is 0 Å². The number of hydrogen-bond acceptors (Lipinski definition) is 6. The van der Waals surface area contributed by atoms with E-state index in [4.69, 9.17) is 9.47 Å². The Balaban J connectivity index is 1.75. The van der Waals surface area contributed by atoms with E-state index in [-0.39, 0.29) is 12.1 Å². The molecule has 160 valence electrons. The molecule has 2 aromatic carbocycles. The Morgan fingerprint density at radius 2 is 1.07 bits per heavy atom. The first-order chi connectivity index (χ1) is 14.5. The first kappa shape index (κ1) is 24.2. The van der Waals surface area contributed by atoms with Crippen molar-refractivity contribution < 1.29 is 9.47 Å². The van der Waals surface area contributed by atoms with E-state index in [1.807, 2.05) is 24.3 Å². The standard InChI is InChI=1S/C22H24I2N2O2S2/c1-15-16(2)22(26(30-24)14-18-7-11-20(28-4)12-8-18)21(15)25(29-23)13-17-5-9-19(27-3)10-6-17/h5-12,21-22H,1-2,13-14H2,3-4H3/t21-,22-/m1/s1. The Morgan fingerprint density at radius 3 is 1.33 bits per heavy atom. The van der Waals surface area contributed by atoms with Gasteiger partial charge in [-0.15, -0.1) is 0 Å². The molecule has 1 fully saturated rings. The van der Waals surface area contributed by atoms with Gasteiger partial charge in [0.1, 0.15) is 11.5 Å². The van der Waals surface area contributed by atoms with E-state index in [1.54, 1.807) is 32.5 Å². The lowest BCUT2D eigenvalue weighted by molar-refractivity contribution is 0.222. The van der Waals surface area contributed by atoms with Gasteiger partial charge in [0.25, 0.3) is 0 Å². The van der Waals surface area contributed by atoms with Crippen LogP contribution in [0.2, 0.25) is 0 Å². The first-order valence-corrected chi connectivity index (χ1v) is 15.9. The van der Waals surface area contributed by atoms with Gasteiger partial charge in [0.15, 0.2) is 0 Å². The summed E-state index contributed by atoms with van der Waals surface area (Å²) in [7, 11) is 6.83. The van der Waals surface area contributed by atoms with Gasteiger partial charge in [0.2, 0.25) is 0 Å². The fourth-order valence-corrected chi connectivity index (χ4v) is 6.84. The molecule has 3 rings (SSSR count). The highest BCUT2D eigenvalue weighted by molar-refractivity contribution is 14.2. The summed E-state index contributed by atoms with van der Waals surface area (Å²) in [6.07, 6.45) is 0. The number of methoxy groups -OCH3 is 2. The highest BCUT2D eigenvalue weighted by Gasteiger charge is 2.46. The zero-order valence-electron chi connectivity index (χ0n) is 16.9. The van der Waals surface area contributed by atoms with Crippen LogP contribution in [0.1, 0.15) is 11.1 Å². The Hall–Kier alpha value is -0.400. The summed E-state index contributed by atoms with van der Waals surface area (Å²) < 4.78 is 15.3. The minimum atomic E-state index is 0.210. The van der Waals surface area contributed by atoms with Crippen LogP contribution in [-0.2, 0) is 13.1 Å². The van der Waals surface area contributed by atoms with Crippen molar-refractivity contribution >= 4 is 60.6 Å². The SMILES string of the molecule is C=C1C(=C)[C@@H](N(Cc2ccc(OC)cc2)SI)[C@@H]1N(Cc1ccc(OC)cc1)SI. The van der Waals surface area contributed by atoms with Crippen LogP contribution >= 0.6 is 60.6 Å². The average Bonchev–Trinajstić information content (AvgIpc) is 2.80. The average molecular weight is 666 g/mol. The molecular weight excluding hydrogens is 642 g/mol. The van der Waals surface area contributed by atoms with E-state index in [2.05, 4.69) is 88.4 Å². The molecule has 0 saturated heterocycles. The van der Waals surface area contributed by atoms with E-state index < -0.39 is 0 Å². The van der Waals surface area contributed by atoms with Crippen LogP contribution in [0.4, 0.5) is 0 Å². The van der Waals surface area contributed by atoms with Crippen LogP contribution in [0.15, 0.2) is 72.8 Å². The first-order valence-electron chi connectivity index (χ1n) is 9.26. The fraction of sp³-hybridized carbons (Fsp3) is 0.273. The van der Waals surface area contributed by atoms with Crippen molar-refractivity contribution in [1.82, 2.24) is 8.61 Å². The van der Waals surface area contributed by atoms with Crippen LogP contribution in [0.5, 0.6) is 11.5 Å². The number of benzene rings is 2. The van der Waals surface area contributed by atoms with Gasteiger partial charge in [-0.1, -0.05) is 37.4 Å². The summed E-state index contributed by atoms with van der Waals surface area (Å²) >= 11 is 4.73. The van der Waals surface area contributed by atoms with Gasteiger partial charge in [-0.3, -0.25) is 0 Å². The molecule has 0 bridgehead atoms. The number of ether oxygens (including phenoxy) is 2. The summed E-state index contributed by atoms with van der Waals surface area (Å²) in [4.78, 5) is 0. The van der Waals surface area contributed by atoms with Crippen molar-refractivity contribution in [3.63, 3.8) is 0 Å². The van der Waals surface area contributed by atoms with Crippen LogP contribution in [0.3, 0.4) is 0 Å². The summed E-state index contributed by atoms with van der Waals surface area (Å²) in [5, 5.41) is 0. The Bertz CT molecular complexity index is 804. The number of rotatable bonds is 10. The predicted molar refractivity (Wildman–Crippen MR) is 146 cm³/mol. The van der Waals surface area contributed by atoms with Crippen molar-refractivity contribution in [1.29, 1.82) is 0 Å². The molecule has 1 saturated carbocycles. The maximum absolute atomic E-state index is 5.28. The van der Waals surface area contributed by atoms with E-state index >= 15 is 0 Å². The van der Waals surface area contributed by atoms with Crippen molar-refractivity contribution in [2.75, 3.05) is 14.2 Å². The molecule has 0 amide bonds. The quantitative estimate of drug-likeness (QED) is 0.203. The minimum Gasteiger partial charge on any atom is -0.497 e. The molecule has 2 aromatic rings. The molecule has 2 atom stereocenters. The van der Waals surface area contributed by atoms with Gasteiger partial charge < -0.3 is 9.47 Å². The van der Waals surface area contributed by atoms with Gasteiger partial charge in [0, 0.05) is 55.5 Å². The van der Waals surface area contributed by atoms with Gasteiger partial charge in [-0.25, -0.2) is 8.61 Å². The molecule has 0 spiro atoms. The van der Waals surface area contributed by atoms with Crippen LogP contribution in [0.25, 0.3) is 0 Å². The summed E-state index contributed by atoms with van der Waals surface area (Å²) in [5.74, 6) is 1.75. The normalized spacial score (nSPS) is 18.6. The second-order valence-electron chi connectivity index (χ2n) is 6.92.